The van der Waals surface area contributed by atoms with E-state index in [-0.39, 0.29) is 0 Å². The first-order valence-electron chi connectivity index (χ1n) is 5.14. The van der Waals surface area contributed by atoms with Crippen LogP contribution in [0.5, 0.6) is 0 Å². The Morgan fingerprint density at radius 1 is 1.50 bits per heavy atom. The van der Waals surface area contributed by atoms with Gasteiger partial charge in [0.1, 0.15) is 0 Å². The first kappa shape index (κ1) is 10.0. The van der Waals surface area contributed by atoms with Crippen LogP contribution in [0.4, 0.5) is 0 Å². The number of aliphatic hydroxyl groups excluding tert-OH is 1. The zero-order valence-corrected chi connectivity index (χ0v) is 8.05. The van der Waals surface area contributed by atoms with Crippen molar-refractivity contribution >= 4 is 0 Å². The van der Waals surface area contributed by atoms with E-state index < -0.39 is 0 Å². The molecule has 1 aliphatic rings. The average molecular weight is 171 g/mol. The first-order valence-corrected chi connectivity index (χ1v) is 5.14. The highest BCUT2D eigenvalue weighted by Gasteiger charge is 2.19. The van der Waals surface area contributed by atoms with Crippen molar-refractivity contribution in [2.24, 2.45) is 11.8 Å². The van der Waals surface area contributed by atoms with Gasteiger partial charge in [-0.2, -0.15) is 0 Å². The Bertz CT molecular complexity index is 112. The molecule has 1 atom stereocenters. The fourth-order valence-corrected chi connectivity index (χ4v) is 1.38. The molecule has 72 valence electrons. The molecule has 1 rings (SSSR count). The van der Waals surface area contributed by atoms with Gasteiger partial charge in [0.2, 0.25) is 0 Å². The summed E-state index contributed by atoms with van der Waals surface area (Å²) in [5.74, 6) is 1.65. The summed E-state index contributed by atoms with van der Waals surface area (Å²) in [5.41, 5.74) is 0. The molecule has 0 aromatic heterocycles. The highest BCUT2D eigenvalue weighted by atomic mass is 16.3. The molecular weight excluding hydrogens is 150 g/mol. The Kier molecular flexibility index (Phi) is 4.62. The average Bonchev–Trinajstić information content (AvgIpc) is 2.82. The smallest absolute Gasteiger partial charge is 0.0434 e. The van der Waals surface area contributed by atoms with E-state index in [1.165, 1.54) is 25.8 Å². The third kappa shape index (κ3) is 4.73. The number of hydrogen-bond donors (Lipinski definition) is 2. The zero-order valence-electron chi connectivity index (χ0n) is 8.05. The molecule has 1 unspecified atom stereocenters. The summed E-state index contributed by atoms with van der Waals surface area (Å²) in [5, 5.41) is 12.1. The largest absolute Gasteiger partial charge is 0.396 e. The molecule has 2 heteroatoms. The van der Waals surface area contributed by atoms with Crippen molar-refractivity contribution in [2.75, 3.05) is 19.7 Å². The van der Waals surface area contributed by atoms with Crippen LogP contribution in [0.25, 0.3) is 0 Å². The Morgan fingerprint density at radius 2 is 2.25 bits per heavy atom. The second-order valence-corrected chi connectivity index (χ2v) is 4.05. The molecular formula is C10H21NO. The van der Waals surface area contributed by atoms with Crippen LogP contribution in [0.15, 0.2) is 0 Å². The van der Waals surface area contributed by atoms with Gasteiger partial charge in [0.05, 0.1) is 0 Å². The minimum atomic E-state index is 0.325. The molecule has 0 bridgehead atoms. The SMILES string of the molecule is CC(CCO)CNCCC1CC1. The van der Waals surface area contributed by atoms with Gasteiger partial charge in [0.15, 0.2) is 0 Å². The summed E-state index contributed by atoms with van der Waals surface area (Å²) in [4.78, 5) is 0. The molecule has 0 aromatic rings. The van der Waals surface area contributed by atoms with Crippen molar-refractivity contribution in [1.29, 1.82) is 0 Å². The Morgan fingerprint density at radius 3 is 2.83 bits per heavy atom. The third-order valence-corrected chi connectivity index (χ3v) is 2.54. The molecule has 2 N–H and O–H groups in total. The van der Waals surface area contributed by atoms with Crippen LogP contribution >= 0.6 is 0 Å². The second-order valence-electron chi connectivity index (χ2n) is 4.05. The van der Waals surface area contributed by atoms with Gasteiger partial charge in [-0.25, -0.2) is 0 Å². The molecule has 1 aliphatic carbocycles. The second kappa shape index (κ2) is 5.55. The van der Waals surface area contributed by atoms with Crippen LogP contribution in [0.2, 0.25) is 0 Å². The van der Waals surface area contributed by atoms with E-state index in [1.807, 2.05) is 0 Å². The Balaban J connectivity index is 1.80. The molecule has 0 saturated heterocycles. The van der Waals surface area contributed by atoms with E-state index >= 15 is 0 Å². The van der Waals surface area contributed by atoms with E-state index in [0.717, 1.165) is 18.9 Å². The summed E-state index contributed by atoms with van der Waals surface area (Å²) >= 11 is 0. The molecule has 0 aromatic carbocycles. The number of nitrogens with one attached hydrogen (secondary N) is 1. The fraction of sp³-hybridized carbons (Fsp3) is 1.00. The van der Waals surface area contributed by atoms with Crippen molar-refractivity contribution in [2.45, 2.75) is 32.6 Å². The van der Waals surface area contributed by atoms with E-state index in [1.54, 1.807) is 0 Å². The van der Waals surface area contributed by atoms with Crippen molar-refractivity contribution in [3.05, 3.63) is 0 Å². The van der Waals surface area contributed by atoms with Crippen LogP contribution in [0.3, 0.4) is 0 Å². The molecule has 0 heterocycles. The topological polar surface area (TPSA) is 32.3 Å². The summed E-state index contributed by atoms with van der Waals surface area (Å²) in [6, 6.07) is 0. The third-order valence-electron chi connectivity index (χ3n) is 2.54. The van der Waals surface area contributed by atoms with Gasteiger partial charge >= 0.3 is 0 Å². The standard InChI is InChI=1S/C10H21NO/c1-9(5-7-12)8-11-6-4-10-2-3-10/h9-12H,2-8H2,1H3. The van der Waals surface area contributed by atoms with Gasteiger partial charge < -0.3 is 10.4 Å². The lowest BCUT2D eigenvalue weighted by molar-refractivity contribution is 0.260. The van der Waals surface area contributed by atoms with Gasteiger partial charge in [-0.15, -0.1) is 0 Å². The lowest BCUT2D eigenvalue weighted by Crippen LogP contribution is -2.23. The van der Waals surface area contributed by atoms with Gasteiger partial charge in [-0.1, -0.05) is 19.8 Å². The predicted octanol–water partition coefficient (Wildman–Crippen LogP) is 1.39. The molecule has 0 spiro atoms. The lowest BCUT2D eigenvalue weighted by atomic mass is 10.1. The van der Waals surface area contributed by atoms with Gasteiger partial charge in [0.25, 0.3) is 0 Å². The molecule has 0 amide bonds. The molecule has 2 nitrogen and oxygen atoms in total. The predicted molar refractivity (Wildman–Crippen MR) is 51.1 cm³/mol. The fourth-order valence-electron chi connectivity index (χ4n) is 1.38. The summed E-state index contributed by atoms with van der Waals surface area (Å²) in [7, 11) is 0. The minimum Gasteiger partial charge on any atom is -0.396 e. The van der Waals surface area contributed by atoms with Crippen LogP contribution < -0.4 is 5.32 Å². The van der Waals surface area contributed by atoms with E-state index in [4.69, 9.17) is 5.11 Å². The van der Waals surface area contributed by atoms with Gasteiger partial charge in [-0.05, 0) is 37.8 Å². The molecule has 0 radical (unpaired) electrons. The highest BCUT2D eigenvalue weighted by Crippen LogP contribution is 2.31. The normalized spacial score (nSPS) is 19.5. The quantitative estimate of drug-likeness (QED) is 0.567. The highest BCUT2D eigenvalue weighted by molar-refractivity contribution is 4.73. The first-order chi connectivity index (χ1) is 5.83. The Labute approximate surface area is 75.4 Å². The zero-order chi connectivity index (χ0) is 8.81. The number of rotatable bonds is 7. The van der Waals surface area contributed by atoms with Gasteiger partial charge in [-0.3, -0.25) is 0 Å². The van der Waals surface area contributed by atoms with Crippen molar-refractivity contribution in [1.82, 2.24) is 5.32 Å². The minimum absolute atomic E-state index is 0.325. The van der Waals surface area contributed by atoms with E-state index in [9.17, 15) is 0 Å². The number of hydrogen-bond acceptors (Lipinski definition) is 2. The molecule has 1 saturated carbocycles. The maximum absolute atomic E-state index is 8.66. The number of aliphatic hydroxyl groups is 1. The molecule has 12 heavy (non-hydrogen) atoms. The maximum Gasteiger partial charge on any atom is 0.0434 e. The van der Waals surface area contributed by atoms with Crippen molar-refractivity contribution in [3.8, 4) is 0 Å². The summed E-state index contributed by atoms with van der Waals surface area (Å²) in [6.07, 6.45) is 5.18. The van der Waals surface area contributed by atoms with Crippen molar-refractivity contribution in [3.63, 3.8) is 0 Å². The van der Waals surface area contributed by atoms with Crippen molar-refractivity contribution < 1.29 is 5.11 Å². The van der Waals surface area contributed by atoms with Crippen LogP contribution in [-0.4, -0.2) is 24.8 Å². The van der Waals surface area contributed by atoms with E-state index in [0.29, 0.717) is 12.5 Å². The van der Waals surface area contributed by atoms with Crippen LogP contribution in [0, 0.1) is 11.8 Å². The van der Waals surface area contributed by atoms with E-state index in [2.05, 4.69) is 12.2 Å². The molecule has 0 aliphatic heterocycles. The monoisotopic (exact) mass is 171 g/mol. The van der Waals surface area contributed by atoms with Gasteiger partial charge in [0, 0.05) is 6.61 Å². The summed E-state index contributed by atoms with van der Waals surface area (Å²) in [6.45, 7) is 4.74. The lowest BCUT2D eigenvalue weighted by Gasteiger charge is -2.10. The van der Waals surface area contributed by atoms with Crippen LogP contribution in [-0.2, 0) is 0 Å². The van der Waals surface area contributed by atoms with Crippen LogP contribution in [0.1, 0.15) is 32.6 Å². The Hall–Kier alpha value is -0.0800. The summed E-state index contributed by atoms with van der Waals surface area (Å²) < 4.78 is 0. The maximum atomic E-state index is 8.66. The molecule has 1 fully saturated rings.